The number of hydrogen-bond donors (Lipinski definition) is 0. The number of carbonyl (C=O) groups excluding carboxylic acids is 1. The molecule has 9 heteroatoms. The number of carbonyl (C=O) groups is 1. The molecule has 4 rings (SSSR count). The van der Waals surface area contributed by atoms with Crippen molar-refractivity contribution in [1.82, 2.24) is 4.57 Å². The van der Waals surface area contributed by atoms with E-state index >= 15 is 0 Å². The predicted octanol–water partition coefficient (Wildman–Crippen LogP) is 3.66. The zero-order chi connectivity index (χ0) is 27.4. The van der Waals surface area contributed by atoms with E-state index in [0.717, 1.165) is 29.9 Å². The minimum Gasteiger partial charge on any atom is -0.497 e. The highest BCUT2D eigenvalue weighted by atomic mass is 32.1. The van der Waals surface area contributed by atoms with Gasteiger partial charge in [0, 0.05) is 30.4 Å². The second-order valence-corrected chi connectivity index (χ2v) is 9.68. The molecular weight excluding hydrogens is 502 g/mol. The van der Waals surface area contributed by atoms with Gasteiger partial charge in [0.05, 0.1) is 42.7 Å². The minimum atomic E-state index is -0.676. The van der Waals surface area contributed by atoms with E-state index in [1.807, 2.05) is 48.5 Å². The lowest BCUT2D eigenvalue weighted by Gasteiger charge is -2.24. The molecular formula is C29H33N3O5S. The van der Waals surface area contributed by atoms with Gasteiger partial charge in [0.25, 0.3) is 5.56 Å². The van der Waals surface area contributed by atoms with E-state index in [1.54, 1.807) is 32.6 Å². The maximum absolute atomic E-state index is 13.9. The maximum Gasteiger partial charge on any atom is 0.338 e. The van der Waals surface area contributed by atoms with Gasteiger partial charge in [-0.3, -0.25) is 9.36 Å². The molecule has 3 aromatic rings. The highest BCUT2D eigenvalue weighted by molar-refractivity contribution is 7.07. The predicted molar refractivity (Wildman–Crippen MR) is 150 cm³/mol. The topological polar surface area (TPSA) is 82.4 Å². The van der Waals surface area contributed by atoms with E-state index in [-0.39, 0.29) is 12.2 Å². The van der Waals surface area contributed by atoms with E-state index in [9.17, 15) is 9.59 Å². The Morgan fingerprint density at radius 3 is 2.39 bits per heavy atom. The summed E-state index contributed by atoms with van der Waals surface area (Å²) in [7, 11) is 3.22. The van der Waals surface area contributed by atoms with Crippen LogP contribution in [-0.4, -0.2) is 44.5 Å². The number of aromatic nitrogens is 1. The molecule has 0 spiro atoms. The number of esters is 1. The van der Waals surface area contributed by atoms with E-state index in [2.05, 4.69) is 23.7 Å². The largest absolute Gasteiger partial charge is 0.497 e. The summed E-state index contributed by atoms with van der Waals surface area (Å²) in [5, 5.41) is 0. The molecule has 1 aliphatic heterocycles. The molecule has 2 aromatic carbocycles. The van der Waals surface area contributed by atoms with Crippen molar-refractivity contribution in [2.45, 2.75) is 33.7 Å². The molecule has 1 atom stereocenters. The van der Waals surface area contributed by atoms with Gasteiger partial charge in [-0.25, -0.2) is 9.79 Å². The first-order chi connectivity index (χ1) is 18.4. The van der Waals surface area contributed by atoms with Crippen LogP contribution in [-0.2, 0) is 9.53 Å². The van der Waals surface area contributed by atoms with E-state index in [0.29, 0.717) is 32.1 Å². The number of benzene rings is 2. The summed E-state index contributed by atoms with van der Waals surface area (Å²) in [5.74, 6) is 0.868. The molecule has 0 saturated carbocycles. The molecule has 1 unspecified atom stereocenters. The highest BCUT2D eigenvalue weighted by Crippen LogP contribution is 2.32. The SMILES string of the molecule is CCOC(=O)C1=C(C)N=c2s/c(=C/c3ccc(N(CC)CC)cc3OC)c(=O)n2C1c1ccc(OC)cc1. The van der Waals surface area contributed by atoms with Crippen molar-refractivity contribution >= 4 is 29.1 Å². The summed E-state index contributed by atoms with van der Waals surface area (Å²) in [4.78, 5) is 34.3. The molecule has 0 saturated heterocycles. The Balaban J connectivity index is 1.89. The summed E-state index contributed by atoms with van der Waals surface area (Å²) >= 11 is 1.28. The van der Waals surface area contributed by atoms with Crippen molar-refractivity contribution in [3.8, 4) is 11.5 Å². The molecule has 38 heavy (non-hydrogen) atoms. The Hall–Kier alpha value is -3.85. The molecule has 8 nitrogen and oxygen atoms in total. The van der Waals surface area contributed by atoms with Crippen molar-refractivity contribution in [3.63, 3.8) is 0 Å². The molecule has 0 fully saturated rings. The third-order valence-electron chi connectivity index (χ3n) is 6.58. The second-order valence-electron chi connectivity index (χ2n) is 8.67. The average Bonchev–Trinajstić information content (AvgIpc) is 3.23. The van der Waals surface area contributed by atoms with Crippen molar-refractivity contribution in [3.05, 3.63) is 84.5 Å². The normalized spacial score (nSPS) is 15.1. The van der Waals surface area contributed by atoms with E-state index in [4.69, 9.17) is 14.2 Å². The Kier molecular flexibility index (Phi) is 8.36. The number of fused-ring (bicyclic) bond motifs is 1. The molecule has 1 aliphatic rings. The number of rotatable bonds is 9. The van der Waals surface area contributed by atoms with Gasteiger partial charge in [0.1, 0.15) is 11.5 Å². The molecule has 2 heterocycles. The van der Waals surface area contributed by atoms with Gasteiger partial charge in [-0.15, -0.1) is 0 Å². The van der Waals surface area contributed by atoms with Crippen LogP contribution in [0.3, 0.4) is 0 Å². The summed E-state index contributed by atoms with van der Waals surface area (Å²) in [5.41, 5.74) is 3.24. The molecule has 1 aromatic heterocycles. The van der Waals surface area contributed by atoms with Crippen LogP contribution in [0.1, 0.15) is 44.9 Å². The zero-order valence-corrected chi connectivity index (χ0v) is 23.4. The fourth-order valence-electron chi connectivity index (χ4n) is 4.64. The minimum absolute atomic E-state index is 0.221. The number of methoxy groups -OCH3 is 2. The highest BCUT2D eigenvalue weighted by Gasteiger charge is 2.33. The third kappa shape index (κ3) is 5.11. The van der Waals surface area contributed by atoms with E-state index < -0.39 is 12.0 Å². The van der Waals surface area contributed by atoms with Crippen molar-refractivity contribution in [1.29, 1.82) is 0 Å². The smallest absolute Gasteiger partial charge is 0.338 e. The van der Waals surface area contributed by atoms with Gasteiger partial charge >= 0.3 is 5.97 Å². The fourth-order valence-corrected chi connectivity index (χ4v) is 5.68. The molecule has 0 radical (unpaired) electrons. The number of allylic oxidation sites excluding steroid dienone is 1. The summed E-state index contributed by atoms with van der Waals surface area (Å²) in [6.07, 6.45) is 1.82. The lowest BCUT2D eigenvalue weighted by atomic mass is 9.96. The summed E-state index contributed by atoms with van der Waals surface area (Å²) in [6.45, 7) is 9.72. The number of hydrogen-bond acceptors (Lipinski definition) is 8. The van der Waals surface area contributed by atoms with Crippen LogP contribution < -0.4 is 29.3 Å². The lowest BCUT2D eigenvalue weighted by molar-refractivity contribution is -0.139. The zero-order valence-electron chi connectivity index (χ0n) is 22.6. The van der Waals surface area contributed by atoms with Gasteiger partial charge in [-0.05, 0) is 63.6 Å². The van der Waals surface area contributed by atoms with E-state index in [1.165, 1.54) is 11.3 Å². The van der Waals surface area contributed by atoms with Crippen LogP contribution in [0.2, 0.25) is 0 Å². The quantitative estimate of drug-likeness (QED) is 0.389. The van der Waals surface area contributed by atoms with Crippen molar-refractivity contribution < 1.29 is 19.0 Å². The van der Waals surface area contributed by atoms with Crippen LogP contribution in [0, 0.1) is 0 Å². The standard InChI is InChI=1S/C29H33N3O5S/c1-7-31(8-2)21-13-10-20(23(17-21)36-6)16-24-27(33)32-26(19-11-14-22(35-5)15-12-19)25(28(34)37-9-3)18(4)30-29(32)38-24/h10-17,26H,7-9H2,1-6H3/b24-16+. The molecule has 0 N–H and O–H groups in total. The second kappa shape index (κ2) is 11.7. The molecule has 0 amide bonds. The summed E-state index contributed by atoms with van der Waals surface area (Å²) < 4.78 is 18.4. The van der Waals surface area contributed by atoms with Crippen LogP contribution >= 0.6 is 11.3 Å². The Bertz CT molecular complexity index is 1530. The monoisotopic (exact) mass is 535 g/mol. The van der Waals surface area contributed by atoms with Crippen LogP contribution in [0.5, 0.6) is 11.5 Å². The third-order valence-corrected chi connectivity index (χ3v) is 7.56. The Morgan fingerprint density at radius 1 is 1.08 bits per heavy atom. The number of anilines is 1. The fraction of sp³-hybridized carbons (Fsp3) is 0.345. The first kappa shape index (κ1) is 27.2. The summed E-state index contributed by atoms with van der Waals surface area (Å²) in [6, 6.07) is 12.6. The van der Waals surface area contributed by atoms with Crippen molar-refractivity contribution in [2.24, 2.45) is 4.99 Å². The first-order valence-corrected chi connectivity index (χ1v) is 13.4. The van der Waals surface area contributed by atoms with Crippen LogP contribution in [0.4, 0.5) is 5.69 Å². The number of nitrogens with zero attached hydrogens (tertiary/aromatic N) is 3. The van der Waals surface area contributed by atoms with Gasteiger partial charge < -0.3 is 19.1 Å². The molecule has 200 valence electrons. The Morgan fingerprint density at radius 2 is 1.79 bits per heavy atom. The van der Waals surface area contributed by atoms with Crippen LogP contribution in [0.15, 0.2) is 63.5 Å². The van der Waals surface area contributed by atoms with Gasteiger partial charge in [-0.1, -0.05) is 23.5 Å². The number of ether oxygens (including phenoxy) is 3. The molecule has 0 aliphatic carbocycles. The van der Waals surface area contributed by atoms with Crippen molar-refractivity contribution in [2.75, 3.05) is 38.8 Å². The lowest BCUT2D eigenvalue weighted by Crippen LogP contribution is -2.39. The Labute approximate surface area is 226 Å². The van der Waals surface area contributed by atoms with Gasteiger partial charge in [0.15, 0.2) is 4.80 Å². The van der Waals surface area contributed by atoms with Crippen LogP contribution in [0.25, 0.3) is 6.08 Å². The first-order valence-electron chi connectivity index (χ1n) is 12.6. The van der Waals surface area contributed by atoms with Gasteiger partial charge in [0.2, 0.25) is 0 Å². The number of thiazole rings is 1. The maximum atomic E-state index is 13.9. The molecule has 0 bridgehead atoms. The average molecular weight is 536 g/mol. The van der Waals surface area contributed by atoms with Gasteiger partial charge in [-0.2, -0.15) is 0 Å².